The average molecular weight is 449 g/mol. The average Bonchev–Trinajstić information content (AvgIpc) is 1.50. The van der Waals surface area contributed by atoms with E-state index in [1.807, 2.05) is 0 Å². The Morgan fingerprint density at radius 2 is 1.25 bits per heavy atom. The van der Waals surface area contributed by atoms with Crippen molar-refractivity contribution in [2.24, 2.45) is 0 Å². The molecular formula is HBiO2Pb. The first-order chi connectivity index (χ1) is 2.00. The molecule has 4 heteroatoms. The van der Waals surface area contributed by atoms with Crippen molar-refractivity contribution >= 4 is 50.5 Å². The fourth-order valence-electron chi connectivity index (χ4n) is 0. The van der Waals surface area contributed by atoms with Crippen LogP contribution >= 0.6 is 0 Å². The summed E-state index contributed by atoms with van der Waals surface area (Å²) in [6.45, 7) is 0. The Labute approximate surface area is 55.4 Å². The summed E-state index contributed by atoms with van der Waals surface area (Å²) in [5.41, 5.74) is 0. The molecule has 0 saturated carbocycles. The van der Waals surface area contributed by atoms with Gasteiger partial charge in [0.05, 0.1) is 0 Å². The van der Waals surface area contributed by atoms with Crippen LogP contribution < -0.4 is 0 Å². The summed E-state index contributed by atoms with van der Waals surface area (Å²) in [6, 6.07) is 0. The Morgan fingerprint density at radius 1 is 1.25 bits per heavy atom. The maximum absolute atomic E-state index is 8.39. The van der Waals surface area contributed by atoms with Crippen LogP contribution in [0.4, 0.5) is 0 Å². The van der Waals surface area contributed by atoms with Crippen LogP contribution in [-0.2, 0) is 5.50 Å². The summed E-state index contributed by atoms with van der Waals surface area (Å²) in [5, 5.41) is 0. The van der Waals surface area contributed by atoms with E-state index in [1.165, 1.54) is 0 Å². The zero-order valence-corrected chi connectivity index (χ0v) is 9.59. The molecule has 0 heterocycles. The minimum atomic E-state index is 0.0556. The molecule has 0 spiro atoms. The van der Waals surface area contributed by atoms with E-state index in [2.05, 4.69) is 0 Å². The van der Waals surface area contributed by atoms with Gasteiger partial charge in [0, 0.05) is 0 Å². The number of hydrogen-bond acceptors (Lipinski definition) is 2. The van der Waals surface area contributed by atoms with Crippen molar-refractivity contribution in [1.29, 1.82) is 0 Å². The Morgan fingerprint density at radius 3 is 1.25 bits per heavy atom. The van der Waals surface area contributed by atoms with Crippen LogP contribution in [0.2, 0.25) is 0 Å². The normalized spacial score (nSPS) is 2.00. The predicted octanol–water partition coefficient (Wildman–Crippen LogP) is -1.27. The van der Waals surface area contributed by atoms with Crippen LogP contribution in [-0.4, -0.2) is 50.5 Å². The van der Waals surface area contributed by atoms with Gasteiger partial charge in [0.15, 0.2) is 0 Å². The summed E-state index contributed by atoms with van der Waals surface area (Å²) < 4.78 is 16.8. The molecule has 2 radical (unpaired) electrons. The molecule has 0 aliphatic carbocycles. The van der Waals surface area contributed by atoms with Gasteiger partial charge < -0.3 is 0 Å². The van der Waals surface area contributed by atoms with Gasteiger partial charge in [-0.1, -0.05) is 0 Å². The molecule has 0 aliphatic rings. The van der Waals surface area contributed by atoms with E-state index in [0.29, 0.717) is 0 Å². The van der Waals surface area contributed by atoms with Gasteiger partial charge in [-0.15, -0.1) is 0 Å². The van der Waals surface area contributed by atoms with E-state index in [9.17, 15) is 0 Å². The second-order valence-corrected chi connectivity index (χ2v) is 0. The monoisotopic (exact) mass is 450 g/mol. The van der Waals surface area contributed by atoms with Gasteiger partial charge in [0.25, 0.3) is 0 Å². The van der Waals surface area contributed by atoms with Crippen LogP contribution in [0.1, 0.15) is 0 Å². The summed E-state index contributed by atoms with van der Waals surface area (Å²) in [7, 11) is 0. The molecule has 2 nitrogen and oxygen atoms in total. The molecule has 0 aromatic heterocycles. The molecular weight excluding hydrogens is 448 g/mol. The van der Waals surface area contributed by atoms with E-state index >= 15 is 0 Å². The van der Waals surface area contributed by atoms with Crippen LogP contribution in [0.5, 0.6) is 0 Å². The first-order valence-corrected chi connectivity index (χ1v) is 3.58. The fourth-order valence-corrected chi connectivity index (χ4v) is 0. The second kappa shape index (κ2) is 25.9. The van der Waals surface area contributed by atoms with Crippen molar-refractivity contribution in [2.75, 3.05) is 0 Å². The van der Waals surface area contributed by atoms with Gasteiger partial charge >= 0.3 is 56.0 Å². The summed E-state index contributed by atoms with van der Waals surface area (Å²) in [4.78, 5) is 0. The fraction of sp³-hybridized carbons (Fsp3) is 0. The maximum atomic E-state index is 8.39. The van der Waals surface area contributed by atoms with Gasteiger partial charge in [-0.05, 0) is 0 Å². The number of rotatable bonds is 0. The molecule has 0 amide bonds. The second-order valence-electron chi connectivity index (χ2n) is 0. The van der Waals surface area contributed by atoms with Gasteiger partial charge in [-0.2, -0.15) is 0 Å². The SMILES string of the molecule is [O]=[BiH].[O]=[Pb]. The minimum absolute atomic E-state index is 0.0556. The van der Waals surface area contributed by atoms with Crippen molar-refractivity contribution in [2.45, 2.75) is 0 Å². The Balaban J connectivity index is 0. The molecule has 0 aromatic rings. The van der Waals surface area contributed by atoms with E-state index in [1.54, 1.807) is 0 Å². The van der Waals surface area contributed by atoms with E-state index in [-0.39, 0.29) is 50.5 Å². The summed E-state index contributed by atoms with van der Waals surface area (Å²) in [6.07, 6.45) is 0. The molecule has 0 N–H and O–H groups in total. The van der Waals surface area contributed by atoms with Crippen LogP contribution in [0, 0.1) is 0 Å². The molecule has 4 heavy (non-hydrogen) atoms. The first-order valence-electron chi connectivity index (χ1n) is 0.408. The first kappa shape index (κ1) is 9.05. The molecule has 0 fully saturated rings. The van der Waals surface area contributed by atoms with Crippen molar-refractivity contribution in [3.8, 4) is 0 Å². The van der Waals surface area contributed by atoms with E-state index in [0.717, 1.165) is 0 Å². The van der Waals surface area contributed by atoms with Gasteiger partial charge in [0.2, 0.25) is 0 Å². The summed E-state index contributed by atoms with van der Waals surface area (Å²) in [5.74, 6) is 0. The molecule has 0 aliphatic heterocycles. The quantitative estimate of drug-likeness (QED) is 0.433. The Bertz CT molecular complexity index is 8.00. The molecule has 22 valence electrons. The third-order valence-electron chi connectivity index (χ3n) is 0. The van der Waals surface area contributed by atoms with Gasteiger partial charge in [-0.25, -0.2) is 0 Å². The van der Waals surface area contributed by atoms with Crippen molar-refractivity contribution in [3.63, 3.8) is 0 Å². The topological polar surface area (TPSA) is 34.1 Å². The van der Waals surface area contributed by atoms with Crippen molar-refractivity contribution < 1.29 is 5.50 Å². The Hall–Kier alpha value is 1.41. The molecule has 0 unspecified atom stereocenters. The molecule has 0 aromatic carbocycles. The zero-order chi connectivity index (χ0) is 4.00. The van der Waals surface area contributed by atoms with Crippen LogP contribution in [0.3, 0.4) is 0 Å². The number of hydrogen-bond donors (Lipinski definition) is 0. The van der Waals surface area contributed by atoms with Crippen molar-refractivity contribution in [3.05, 3.63) is 0 Å². The third-order valence-corrected chi connectivity index (χ3v) is 0. The van der Waals surface area contributed by atoms with E-state index in [4.69, 9.17) is 5.50 Å². The third kappa shape index (κ3) is 9.98. The molecule has 0 bridgehead atoms. The van der Waals surface area contributed by atoms with Crippen molar-refractivity contribution in [1.82, 2.24) is 0 Å². The molecule has 0 saturated heterocycles. The zero-order valence-electron chi connectivity index (χ0n) is 1.82. The standard InChI is InChI=1S/Bi.2O.Pb.H. The van der Waals surface area contributed by atoms with Crippen LogP contribution in [0.15, 0.2) is 0 Å². The molecule has 0 atom stereocenters. The Kier molecular flexibility index (Phi) is 58.5. The summed E-state index contributed by atoms with van der Waals surface area (Å²) >= 11 is 0.111. The van der Waals surface area contributed by atoms with Gasteiger partial charge in [0.1, 0.15) is 0 Å². The van der Waals surface area contributed by atoms with E-state index < -0.39 is 0 Å². The van der Waals surface area contributed by atoms with Crippen LogP contribution in [0.25, 0.3) is 0 Å². The molecule has 0 rings (SSSR count). The predicted molar refractivity (Wildman–Crippen MR) is 14.3 cm³/mol. The van der Waals surface area contributed by atoms with Gasteiger partial charge in [-0.3, -0.25) is 0 Å².